The van der Waals surface area contributed by atoms with Crippen LogP contribution in [0.5, 0.6) is 0 Å². The van der Waals surface area contributed by atoms with Gasteiger partial charge in [-0.1, -0.05) is 264 Å². The molecule has 0 atom stereocenters. The Morgan fingerprint density at radius 2 is 0.563 bits per heavy atom. The second-order valence-corrected chi connectivity index (χ2v) is 35.2. The third kappa shape index (κ3) is 15.9. The number of furan rings is 4. The summed E-state index contributed by atoms with van der Waals surface area (Å²) in [5.74, 6) is -1.98. The summed E-state index contributed by atoms with van der Waals surface area (Å²) in [6, 6.07) is 37.4. The lowest BCUT2D eigenvalue weighted by Gasteiger charge is -2.22. The number of aromatic nitrogens is 4. The second-order valence-electron chi connectivity index (χ2n) is 35.2. The number of nitrogens with zero attached hydrogens (tertiary/aromatic N) is 8. The summed E-state index contributed by atoms with van der Waals surface area (Å²) >= 11 is 0. The molecular formula is C123H110N8O4+4. The predicted molar refractivity (Wildman–Crippen MR) is 552 cm³/mol. The van der Waals surface area contributed by atoms with Gasteiger partial charge in [0, 0.05) is 145 Å². The lowest BCUT2D eigenvalue weighted by molar-refractivity contribution is -0.667. The van der Waals surface area contributed by atoms with Crippen molar-refractivity contribution in [3.05, 3.63) is 379 Å². The number of pyridine rings is 4. The molecule has 8 heterocycles. The van der Waals surface area contributed by atoms with Gasteiger partial charge in [-0.3, -0.25) is 0 Å². The van der Waals surface area contributed by atoms with Crippen LogP contribution in [0.4, 0.5) is 22.7 Å². The van der Waals surface area contributed by atoms with Crippen LogP contribution in [0.25, 0.3) is 197 Å². The van der Waals surface area contributed by atoms with Crippen LogP contribution in [0.2, 0.25) is 0 Å². The van der Waals surface area contributed by atoms with E-state index in [1.165, 1.54) is 6.42 Å². The van der Waals surface area contributed by atoms with E-state index in [4.69, 9.17) is 74.1 Å². The van der Waals surface area contributed by atoms with Crippen molar-refractivity contribution in [1.29, 1.82) is 0 Å². The van der Waals surface area contributed by atoms with Gasteiger partial charge in [0.05, 0.1) is 76.0 Å². The number of rotatable bonds is 11. The molecule has 12 heteroatoms. The maximum Gasteiger partial charge on any atom is 0.216 e. The molecule has 2 fully saturated rings. The molecule has 0 aliphatic heterocycles. The van der Waals surface area contributed by atoms with E-state index in [9.17, 15) is 1.37 Å². The molecular weight excluding hydrogens is 1650 g/mol. The molecule has 8 aromatic heterocycles. The zero-order valence-electron chi connectivity index (χ0n) is 101. The average Bonchev–Trinajstić information content (AvgIpc) is 1.58. The van der Waals surface area contributed by atoms with E-state index in [-0.39, 0.29) is 116 Å². The van der Waals surface area contributed by atoms with Crippen molar-refractivity contribution in [1.82, 2.24) is 0 Å². The standard InChI is InChI=1S/C33H31N2O.C32H29N2O.C30H27N2O.C28H23N2O/c1-21-15-16-26-27-17-19-28(34-3)31(24-13-9-6-10-14-24)33(27)36-32(26)30(21)29-20-18-25(22(2)35(29)4)23-11-7-5-8-12-23;1-20-14-15-25-26-16-18-27(33-3)30(23-12-6-5-7-13-23)32(26)35-31(25)29(20)28-19-17-24(21(2)34(28)4)22-10-8-9-11-22;1-18(2)22-16-20(4)32(6)26(17-22)27-19(3)12-13-23-24-14-15-25(31-5)28(30(24)33-29(23)27)21-10-8-7-9-11-21;1-17-15-19(3)30(5)24(16-17)25-18(2)11-12-21-22-13-14-23(29-4)26(28(22)31-27(21)25)20-9-7-6-8-10-20/h6,9-10,13-20,23H,5,7-8,11-12H2,1-2,4H3;5-7,12-19,22H,8-11H2,1-2,4H3;7-18H,1-4,6H3;6-16H,1-3,5H3/q4*+1/i6D,9D,10D,13D,14D,23D;5D,6D,7D,12D,13D,22D;7D,8D,9D,10D,11D,18D;6D,7D,8D,9D,10D. The first-order valence-corrected chi connectivity index (χ1v) is 45.1. The van der Waals surface area contributed by atoms with Gasteiger partial charge in [0.25, 0.3) is 0 Å². The number of fused-ring (bicyclic) bond motifs is 12. The monoisotopic (exact) mass is 1790 g/mol. The fourth-order valence-electron chi connectivity index (χ4n) is 19.7. The van der Waals surface area contributed by atoms with Gasteiger partial charge in [0.2, 0.25) is 22.8 Å². The van der Waals surface area contributed by atoms with Crippen LogP contribution < -0.4 is 18.3 Å². The highest BCUT2D eigenvalue weighted by Crippen LogP contribution is 2.51. The molecule has 0 N–H and O–H groups in total. The summed E-state index contributed by atoms with van der Waals surface area (Å²) in [5.41, 5.74) is 24.1. The minimum absolute atomic E-state index is 0.0353. The third-order valence-electron chi connectivity index (χ3n) is 27.1. The summed E-state index contributed by atoms with van der Waals surface area (Å²) in [4.78, 5) is 14.5. The maximum atomic E-state index is 9.22. The Bertz CT molecular complexity index is 9750. The summed E-state index contributed by atoms with van der Waals surface area (Å²) in [5, 5.41) is 6.01. The van der Waals surface area contributed by atoms with Crippen LogP contribution in [0.3, 0.4) is 0 Å². The van der Waals surface area contributed by atoms with Crippen LogP contribution >= 0.6 is 0 Å². The van der Waals surface area contributed by atoms with Crippen molar-refractivity contribution in [2.45, 2.75) is 152 Å². The SMILES string of the molecule is [2H]c1c([2H])c([2H])c(-c2c([N+]#[C-])ccc3c2oc2c(-c4cc(C([2H])(C)C)cc(C)[n+]4C)c(C)ccc23)c([2H])c1[2H].[2H]c1c([2H])c([2H])c(-c2c([N+]#[C-])ccc3c2oc2c(-c4cc(C)cc(C)[n+]4C)c(C)ccc23)c([2H])c1[2H].[2H]c1c([2H])c([2H])c(-c2c([N+]#[C-])ccc3c2oc2c(-c4ccc(C5([2H])CCCC5)c(C)[n+]4C)c(C)ccc23)c([2H])c1[2H].[2H]c1c([2H])c([2H])c(-c2c([N+]#[C-])ccc3c2oc2c(-c4ccc(C5([2H])CCCCC5)c(C)[n+]4C)c(C)ccc23)c([2H])c1[2H]. The second kappa shape index (κ2) is 36.9. The molecule has 0 amide bonds. The van der Waals surface area contributed by atoms with Gasteiger partial charge < -0.3 is 17.7 Å². The van der Waals surface area contributed by atoms with Crippen LogP contribution in [0.15, 0.2) is 284 Å². The largest absolute Gasteiger partial charge is 0.456 e. The Morgan fingerprint density at radius 3 is 0.852 bits per heavy atom. The molecule has 2 aliphatic carbocycles. The predicted octanol–water partition coefficient (Wildman–Crippen LogP) is 32.8. The quantitative estimate of drug-likeness (QED) is 0.0954. The lowest BCUT2D eigenvalue weighted by Crippen LogP contribution is -2.36. The van der Waals surface area contributed by atoms with Crippen LogP contribution in [0.1, 0.15) is 188 Å². The maximum absolute atomic E-state index is 9.22. The van der Waals surface area contributed by atoms with Gasteiger partial charge in [-0.25, -0.2) is 19.4 Å². The minimum Gasteiger partial charge on any atom is -0.456 e. The van der Waals surface area contributed by atoms with Gasteiger partial charge in [0.15, 0.2) is 45.5 Å². The first kappa shape index (κ1) is 65.1. The first-order valence-electron chi connectivity index (χ1n) is 56.6. The number of benzene rings is 12. The first-order chi connectivity index (χ1) is 74.8. The van der Waals surface area contributed by atoms with Crippen LogP contribution in [0, 0.1) is 88.6 Å². The van der Waals surface area contributed by atoms with E-state index in [1.807, 2.05) is 162 Å². The summed E-state index contributed by atoms with van der Waals surface area (Å²) in [7, 11) is 7.97. The summed E-state index contributed by atoms with van der Waals surface area (Å²) < 4.78 is 228. The smallest absolute Gasteiger partial charge is 0.216 e. The van der Waals surface area contributed by atoms with E-state index in [0.717, 1.165) is 185 Å². The molecule has 12 nitrogen and oxygen atoms in total. The molecule has 2 aliphatic rings. The molecule has 0 saturated heterocycles. The number of hydrogen-bond donors (Lipinski definition) is 0. The highest BCUT2D eigenvalue weighted by molar-refractivity contribution is 6.19. The fourth-order valence-corrected chi connectivity index (χ4v) is 19.7. The van der Waals surface area contributed by atoms with E-state index < -0.39 is 90.2 Å². The van der Waals surface area contributed by atoms with Gasteiger partial charge in [-0.05, 0) is 146 Å². The summed E-state index contributed by atoms with van der Waals surface area (Å²) in [6.07, 6.45) is 8.86. The lowest BCUT2D eigenvalue weighted by atomic mass is 9.83. The number of aryl methyl sites for hydroxylation is 7. The molecule has 12 aromatic carbocycles. The molecule has 135 heavy (non-hydrogen) atoms. The van der Waals surface area contributed by atoms with Gasteiger partial charge in [0.1, 0.15) is 72.9 Å². The Hall–Kier alpha value is -15.6. The Labute approximate surface area is 822 Å². The average molecular weight is 1790 g/mol. The van der Waals surface area contributed by atoms with Gasteiger partial charge in [-0.2, -0.15) is 18.3 Å². The summed E-state index contributed by atoms with van der Waals surface area (Å²) in [6.45, 7) is 53.1. The highest BCUT2D eigenvalue weighted by atomic mass is 16.3. The molecule has 0 radical (unpaired) electrons. The van der Waals surface area contributed by atoms with Crippen LogP contribution in [-0.4, -0.2) is 0 Å². The fraction of sp³-hybridized carbons (Fsp3) is 0.220. The van der Waals surface area contributed by atoms with Crippen molar-refractivity contribution in [3.63, 3.8) is 0 Å². The van der Waals surface area contributed by atoms with Crippen molar-refractivity contribution in [3.8, 4) is 89.5 Å². The Kier molecular flexibility index (Phi) is 17.8. The molecule has 20 aromatic rings. The molecule has 662 valence electrons. The van der Waals surface area contributed by atoms with Crippen molar-refractivity contribution < 1.29 is 67.5 Å². The van der Waals surface area contributed by atoms with E-state index in [0.29, 0.717) is 66.2 Å². The van der Waals surface area contributed by atoms with E-state index >= 15 is 0 Å². The van der Waals surface area contributed by atoms with Gasteiger partial charge in [-0.15, -0.1) is 0 Å². The molecule has 2 saturated carbocycles. The van der Waals surface area contributed by atoms with Crippen molar-refractivity contribution in [2.24, 2.45) is 28.2 Å². The normalized spacial score (nSPS) is 15.8. The van der Waals surface area contributed by atoms with Gasteiger partial charge >= 0.3 is 0 Å². The van der Waals surface area contributed by atoms with Crippen LogP contribution in [-0.2, 0) is 28.2 Å². The van der Waals surface area contributed by atoms with E-state index in [1.54, 1.807) is 48.5 Å². The Balaban J connectivity index is 0.000000131. The van der Waals surface area contributed by atoms with Crippen molar-refractivity contribution >= 4 is 111 Å². The van der Waals surface area contributed by atoms with Crippen molar-refractivity contribution in [2.75, 3.05) is 0 Å². The molecule has 22 rings (SSSR count). The molecule has 0 unspecified atom stereocenters. The topological polar surface area (TPSA) is 85.5 Å². The molecule has 0 bridgehead atoms. The van der Waals surface area contributed by atoms with E-state index in [2.05, 4.69) is 77.3 Å². The third-order valence-corrected chi connectivity index (χ3v) is 27.1. The zero-order valence-corrected chi connectivity index (χ0v) is 77.9. The number of hydrogen-bond acceptors (Lipinski definition) is 4. The highest BCUT2D eigenvalue weighted by Gasteiger charge is 2.34. The Morgan fingerprint density at radius 1 is 0.304 bits per heavy atom. The molecule has 0 spiro atoms. The zero-order chi connectivity index (χ0) is 114. The minimum atomic E-state index is -0.817.